The molecule has 0 spiro atoms. The van der Waals surface area contributed by atoms with Gasteiger partial charge in [-0.05, 0) is 22.0 Å². The van der Waals surface area contributed by atoms with Gasteiger partial charge in [-0.25, -0.2) is 0 Å². The number of likely N-dealkylation sites (tertiary alicyclic amines) is 1. The van der Waals surface area contributed by atoms with E-state index in [1.165, 1.54) is 6.26 Å². The van der Waals surface area contributed by atoms with Crippen LogP contribution in [0.5, 0.6) is 0 Å². The van der Waals surface area contributed by atoms with Gasteiger partial charge >= 0.3 is 0 Å². The Labute approximate surface area is 96.0 Å². The number of hydrogen-bond donors (Lipinski definition) is 1. The molecule has 1 aliphatic rings. The molecule has 1 saturated heterocycles. The lowest BCUT2D eigenvalue weighted by atomic mass is 10.1. The molecule has 4 nitrogen and oxygen atoms in total. The second-order valence-corrected chi connectivity index (χ2v) is 4.58. The van der Waals surface area contributed by atoms with Crippen LogP contribution in [-0.4, -0.2) is 35.1 Å². The summed E-state index contributed by atoms with van der Waals surface area (Å²) in [6, 6.07) is 1.63. The summed E-state index contributed by atoms with van der Waals surface area (Å²) in [5, 5.41) is 9.55. The van der Waals surface area contributed by atoms with Gasteiger partial charge in [0.25, 0.3) is 5.91 Å². The van der Waals surface area contributed by atoms with Crippen molar-refractivity contribution in [3.8, 4) is 0 Å². The molecule has 0 bridgehead atoms. The summed E-state index contributed by atoms with van der Waals surface area (Å²) in [5.74, 6) is 0.0404. The van der Waals surface area contributed by atoms with Crippen molar-refractivity contribution in [2.24, 2.45) is 5.92 Å². The first-order valence-corrected chi connectivity index (χ1v) is 5.59. The zero-order valence-corrected chi connectivity index (χ0v) is 9.90. The fourth-order valence-corrected chi connectivity index (χ4v) is 2.14. The van der Waals surface area contributed by atoms with E-state index in [-0.39, 0.29) is 11.8 Å². The van der Waals surface area contributed by atoms with E-state index >= 15 is 0 Å². The van der Waals surface area contributed by atoms with E-state index in [2.05, 4.69) is 15.9 Å². The van der Waals surface area contributed by atoms with Gasteiger partial charge in [0.1, 0.15) is 0 Å². The summed E-state index contributed by atoms with van der Waals surface area (Å²) in [6.45, 7) is 2.93. The van der Waals surface area contributed by atoms with E-state index in [9.17, 15) is 9.90 Å². The van der Waals surface area contributed by atoms with Crippen LogP contribution in [0, 0.1) is 5.92 Å². The van der Waals surface area contributed by atoms with Crippen molar-refractivity contribution in [3.63, 3.8) is 0 Å². The van der Waals surface area contributed by atoms with Crippen molar-refractivity contribution in [2.75, 3.05) is 13.1 Å². The summed E-state index contributed by atoms with van der Waals surface area (Å²) in [6.07, 6.45) is 1.05. The maximum atomic E-state index is 11.9. The van der Waals surface area contributed by atoms with Gasteiger partial charge in [-0.1, -0.05) is 6.92 Å². The third-order valence-electron chi connectivity index (χ3n) is 2.71. The second-order valence-electron chi connectivity index (χ2n) is 3.86. The van der Waals surface area contributed by atoms with Crippen molar-refractivity contribution in [2.45, 2.75) is 13.0 Å². The highest BCUT2D eigenvalue weighted by Crippen LogP contribution is 2.23. The third kappa shape index (κ3) is 1.94. The highest BCUT2D eigenvalue weighted by molar-refractivity contribution is 9.10. The van der Waals surface area contributed by atoms with Crippen LogP contribution in [0.3, 0.4) is 0 Å². The Bertz CT molecular complexity index is 366. The zero-order chi connectivity index (χ0) is 11.0. The van der Waals surface area contributed by atoms with Crippen LogP contribution >= 0.6 is 15.9 Å². The molecule has 1 amide bonds. The average Bonchev–Trinajstić information content (AvgIpc) is 2.74. The van der Waals surface area contributed by atoms with Gasteiger partial charge in [0.15, 0.2) is 4.67 Å². The number of rotatable bonds is 1. The lowest BCUT2D eigenvalue weighted by Crippen LogP contribution is -2.29. The summed E-state index contributed by atoms with van der Waals surface area (Å²) in [5.41, 5.74) is 0.510. The number of hydrogen-bond acceptors (Lipinski definition) is 3. The molecular weight excluding hydrogens is 262 g/mol. The predicted octanol–water partition coefficient (Wildman–Crippen LogP) is 1.49. The first-order valence-electron chi connectivity index (χ1n) is 4.80. The highest BCUT2D eigenvalue weighted by atomic mass is 79.9. The number of halogens is 1. The Balaban J connectivity index is 2.13. The number of carbonyl (C=O) groups excluding carboxylic acids is 1. The molecule has 5 heteroatoms. The molecule has 1 N–H and O–H groups in total. The van der Waals surface area contributed by atoms with Gasteiger partial charge in [0.2, 0.25) is 0 Å². The molecule has 2 atom stereocenters. The normalized spacial score (nSPS) is 25.9. The van der Waals surface area contributed by atoms with Crippen molar-refractivity contribution < 1.29 is 14.3 Å². The summed E-state index contributed by atoms with van der Waals surface area (Å²) < 4.78 is 5.45. The van der Waals surface area contributed by atoms with Crippen LogP contribution in [0.4, 0.5) is 0 Å². The van der Waals surface area contributed by atoms with Gasteiger partial charge in [-0.3, -0.25) is 4.79 Å². The lowest BCUT2D eigenvalue weighted by Gasteiger charge is -2.14. The van der Waals surface area contributed by atoms with E-state index in [1.54, 1.807) is 11.0 Å². The van der Waals surface area contributed by atoms with E-state index in [1.807, 2.05) is 6.92 Å². The molecule has 2 unspecified atom stereocenters. The summed E-state index contributed by atoms with van der Waals surface area (Å²) >= 11 is 3.17. The highest BCUT2D eigenvalue weighted by Gasteiger charge is 2.32. The zero-order valence-electron chi connectivity index (χ0n) is 8.31. The Morgan fingerprint density at radius 3 is 2.87 bits per heavy atom. The van der Waals surface area contributed by atoms with Gasteiger partial charge in [-0.2, -0.15) is 0 Å². The monoisotopic (exact) mass is 273 g/mol. The minimum absolute atomic E-state index is 0.0981. The first-order chi connectivity index (χ1) is 7.09. The van der Waals surface area contributed by atoms with Crippen LogP contribution in [0.25, 0.3) is 0 Å². The molecule has 0 aromatic carbocycles. The van der Waals surface area contributed by atoms with Crippen LogP contribution < -0.4 is 0 Å². The molecule has 15 heavy (non-hydrogen) atoms. The molecule has 1 fully saturated rings. The Morgan fingerprint density at radius 2 is 2.40 bits per heavy atom. The fraction of sp³-hybridized carbons (Fsp3) is 0.500. The Morgan fingerprint density at radius 1 is 1.67 bits per heavy atom. The average molecular weight is 274 g/mol. The second kappa shape index (κ2) is 3.98. The molecule has 2 heterocycles. The largest absolute Gasteiger partial charge is 0.457 e. The maximum Gasteiger partial charge on any atom is 0.258 e. The molecular formula is C10H12BrNO3. The Hall–Kier alpha value is -0.810. The van der Waals surface area contributed by atoms with Crippen molar-refractivity contribution in [1.29, 1.82) is 0 Å². The minimum atomic E-state index is -0.417. The van der Waals surface area contributed by atoms with Crippen LogP contribution in [0.1, 0.15) is 17.3 Å². The quantitative estimate of drug-likeness (QED) is 0.844. The van der Waals surface area contributed by atoms with Crippen molar-refractivity contribution in [1.82, 2.24) is 4.90 Å². The van der Waals surface area contributed by atoms with Crippen LogP contribution in [0.15, 0.2) is 21.4 Å². The lowest BCUT2D eigenvalue weighted by molar-refractivity contribution is 0.0763. The SMILES string of the molecule is CC1CN(C(=O)c2ccoc2Br)CC1O. The fourth-order valence-electron chi connectivity index (χ4n) is 1.73. The van der Waals surface area contributed by atoms with Crippen LogP contribution in [0.2, 0.25) is 0 Å². The minimum Gasteiger partial charge on any atom is -0.457 e. The first kappa shape index (κ1) is 10.7. The Kier molecular flexibility index (Phi) is 2.84. The molecule has 2 rings (SSSR count). The molecule has 1 aliphatic heterocycles. The van der Waals surface area contributed by atoms with Crippen LogP contribution in [-0.2, 0) is 0 Å². The van der Waals surface area contributed by atoms with Crippen molar-refractivity contribution in [3.05, 3.63) is 22.6 Å². The van der Waals surface area contributed by atoms with E-state index in [0.717, 1.165) is 0 Å². The van der Waals surface area contributed by atoms with Gasteiger partial charge in [-0.15, -0.1) is 0 Å². The van der Waals surface area contributed by atoms with Gasteiger partial charge in [0, 0.05) is 19.0 Å². The molecule has 0 aliphatic carbocycles. The van der Waals surface area contributed by atoms with E-state index < -0.39 is 6.10 Å². The van der Waals surface area contributed by atoms with Gasteiger partial charge in [0.05, 0.1) is 17.9 Å². The molecule has 1 aromatic rings. The number of carbonyl (C=O) groups is 1. The number of aliphatic hydroxyl groups is 1. The smallest absolute Gasteiger partial charge is 0.258 e. The molecule has 0 radical (unpaired) electrons. The standard InChI is InChI=1S/C10H12BrNO3/c1-6-4-12(5-8(6)13)10(14)7-2-3-15-9(7)11/h2-3,6,8,13H,4-5H2,1H3. The van der Waals surface area contributed by atoms with Crippen molar-refractivity contribution >= 4 is 21.8 Å². The molecule has 1 aromatic heterocycles. The third-order valence-corrected chi connectivity index (χ3v) is 3.32. The summed E-state index contributed by atoms with van der Waals surface area (Å²) in [7, 11) is 0. The summed E-state index contributed by atoms with van der Waals surface area (Å²) in [4.78, 5) is 13.6. The topological polar surface area (TPSA) is 53.7 Å². The molecule has 0 saturated carbocycles. The number of β-amino-alcohol motifs (C(OH)–C–C–N with tert-alkyl or cyclic N) is 1. The van der Waals surface area contributed by atoms with E-state index in [4.69, 9.17) is 4.42 Å². The van der Waals surface area contributed by atoms with E-state index in [0.29, 0.717) is 23.3 Å². The number of furan rings is 1. The van der Waals surface area contributed by atoms with Gasteiger partial charge < -0.3 is 14.4 Å². The number of aliphatic hydroxyl groups excluding tert-OH is 1. The maximum absolute atomic E-state index is 11.9. The predicted molar refractivity (Wildman–Crippen MR) is 57.5 cm³/mol. The molecule has 82 valence electrons. The number of nitrogens with zero attached hydrogens (tertiary/aromatic N) is 1. The number of amides is 1.